The summed E-state index contributed by atoms with van der Waals surface area (Å²) in [5, 5.41) is 10.7. The minimum atomic E-state index is -0.527. The Morgan fingerprint density at radius 1 is 1.31 bits per heavy atom. The predicted molar refractivity (Wildman–Crippen MR) is 114 cm³/mol. The van der Waals surface area contributed by atoms with Gasteiger partial charge >= 0.3 is 6.09 Å². The van der Waals surface area contributed by atoms with Crippen LogP contribution in [0.5, 0.6) is 0 Å². The fourth-order valence-electron chi connectivity index (χ4n) is 4.45. The molecule has 3 atom stereocenters. The van der Waals surface area contributed by atoms with Gasteiger partial charge < -0.3 is 20.4 Å². The molecule has 7 heteroatoms. The Kier molecular flexibility index (Phi) is 5.96. The van der Waals surface area contributed by atoms with Crippen LogP contribution in [-0.2, 0) is 11.2 Å². The van der Waals surface area contributed by atoms with Crippen molar-refractivity contribution in [2.24, 2.45) is 5.92 Å². The summed E-state index contributed by atoms with van der Waals surface area (Å²) in [5.41, 5.74) is 3.25. The lowest BCUT2D eigenvalue weighted by atomic mass is 9.83. The number of hydrogen-bond donors (Lipinski definition) is 2. The SMILES string of the molecule is CN/C(=C\C=N)c1nc(C)nc2c1C[C@@H]1[C@@H](C)CC[C@@H]2CN1C(=O)OC(C)(C)C. The number of allylic oxidation sites excluding steroid dienone is 1. The van der Waals surface area contributed by atoms with Gasteiger partial charge in [0.25, 0.3) is 0 Å². The van der Waals surface area contributed by atoms with E-state index in [1.54, 1.807) is 6.08 Å². The molecule has 0 unspecified atom stereocenters. The lowest BCUT2D eigenvalue weighted by molar-refractivity contribution is 0.0124. The van der Waals surface area contributed by atoms with Crippen molar-refractivity contribution >= 4 is 18.0 Å². The predicted octanol–water partition coefficient (Wildman–Crippen LogP) is 3.67. The van der Waals surface area contributed by atoms with Crippen LogP contribution in [0.25, 0.3) is 5.70 Å². The maximum atomic E-state index is 13.1. The molecule has 0 radical (unpaired) electrons. The quantitative estimate of drug-likeness (QED) is 0.757. The van der Waals surface area contributed by atoms with Crippen LogP contribution in [0.3, 0.4) is 0 Å². The fourth-order valence-corrected chi connectivity index (χ4v) is 4.45. The molecule has 2 aliphatic rings. The molecule has 1 fully saturated rings. The molecule has 0 spiro atoms. The van der Waals surface area contributed by atoms with E-state index in [0.29, 0.717) is 24.7 Å². The third kappa shape index (κ3) is 4.43. The molecule has 1 aromatic rings. The summed E-state index contributed by atoms with van der Waals surface area (Å²) in [6, 6.07) is 0.0410. The van der Waals surface area contributed by atoms with Gasteiger partial charge in [0.2, 0.25) is 0 Å². The number of fused-ring (bicyclic) bond motifs is 5. The molecule has 7 nitrogen and oxygen atoms in total. The van der Waals surface area contributed by atoms with Crippen molar-refractivity contribution in [1.29, 1.82) is 5.41 Å². The molecule has 2 aliphatic heterocycles. The van der Waals surface area contributed by atoms with Crippen molar-refractivity contribution in [3.8, 4) is 0 Å². The molecule has 1 amide bonds. The lowest BCUT2D eigenvalue weighted by Crippen LogP contribution is -2.46. The molecule has 2 N–H and O–H groups in total. The Morgan fingerprint density at radius 3 is 2.66 bits per heavy atom. The van der Waals surface area contributed by atoms with Gasteiger partial charge in [0, 0.05) is 37.3 Å². The third-order valence-electron chi connectivity index (χ3n) is 5.80. The molecular weight excluding hydrogens is 366 g/mol. The highest BCUT2D eigenvalue weighted by atomic mass is 16.6. The molecule has 1 saturated heterocycles. The number of ether oxygens (including phenoxy) is 1. The van der Waals surface area contributed by atoms with Crippen LogP contribution in [0.2, 0.25) is 0 Å². The van der Waals surface area contributed by atoms with Crippen molar-refractivity contribution in [1.82, 2.24) is 20.2 Å². The van der Waals surface area contributed by atoms with E-state index in [1.807, 2.05) is 39.6 Å². The molecular formula is C22H33N5O2. The molecule has 29 heavy (non-hydrogen) atoms. The van der Waals surface area contributed by atoms with Gasteiger partial charge in [-0.15, -0.1) is 0 Å². The van der Waals surface area contributed by atoms with Crippen LogP contribution >= 0.6 is 0 Å². The maximum absolute atomic E-state index is 13.1. The Labute approximate surface area is 173 Å². The van der Waals surface area contributed by atoms with Gasteiger partial charge in [-0.2, -0.15) is 0 Å². The van der Waals surface area contributed by atoms with Crippen LogP contribution < -0.4 is 5.32 Å². The monoisotopic (exact) mass is 399 g/mol. The van der Waals surface area contributed by atoms with Gasteiger partial charge in [0.1, 0.15) is 11.4 Å². The summed E-state index contributed by atoms with van der Waals surface area (Å²) in [4.78, 5) is 24.5. The van der Waals surface area contributed by atoms with Gasteiger partial charge in [-0.05, 0) is 59.0 Å². The number of amides is 1. The first kappa shape index (κ1) is 21.3. The van der Waals surface area contributed by atoms with Crippen LogP contribution in [0.15, 0.2) is 6.08 Å². The van der Waals surface area contributed by atoms with Crippen LogP contribution in [-0.4, -0.2) is 52.4 Å². The molecule has 158 valence electrons. The Balaban J connectivity index is 2.10. The van der Waals surface area contributed by atoms with E-state index >= 15 is 0 Å². The van der Waals surface area contributed by atoms with Gasteiger partial charge in [-0.25, -0.2) is 14.8 Å². The maximum Gasteiger partial charge on any atom is 0.410 e. The van der Waals surface area contributed by atoms with Crippen molar-refractivity contribution in [2.75, 3.05) is 13.6 Å². The Hall–Kier alpha value is -2.44. The second kappa shape index (κ2) is 8.13. The first-order valence-electron chi connectivity index (χ1n) is 10.4. The van der Waals surface area contributed by atoms with Gasteiger partial charge in [0.15, 0.2) is 0 Å². The van der Waals surface area contributed by atoms with E-state index in [2.05, 4.69) is 12.2 Å². The van der Waals surface area contributed by atoms with Gasteiger partial charge in [0.05, 0.1) is 17.1 Å². The van der Waals surface area contributed by atoms with E-state index in [4.69, 9.17) is 20.1 Å². The summed E-state index contributed by atoms with van der Waals surface area (Å²) in [6.07, 6.45) is 5.48. The summed E-state index contributed by atoms with van der Waals surface area (Å²) in [5.74, 6) is 1.23. The van der Waals surface area contributed by atoms with Crippen molar-refractivity contribution in [3.05, 3.63) is 28.9 Å². The number of aromatic nitrogens is 2. The van der Waals surface area contributed by atoms with Crippen molar-refractivity contribution in [2.45, 2.75) is 71.4 Å². The Bertz CT molecular complexity index is 827. The number of carbonyl (C=O) groups is 1. The number of carbonyl (C=O) groups excluding carboxylic acids is 1. The number of hydrogen-bond acceptors (Lipinski definition) is 6. The number of nitrogens with zero attached hydrogens (tertiary/aromatic N) is 3. The average Bonchev–Trinajstić information content (AvgIpc) is 2.89. The number of aryl methyl sites for hydroxylation is 1. The zero-order chi connectivity index (χ0) is 21.3. The third-order valence-corrected chi connectivity index (χ3v) is 5.80. The molecule has 0 aromatic carbocycles. The standard InChI is InChI=1S/C22H33N5O2/c1-13-7-8-15-12-27(21(28)29-22(3,4)5)18(13)11-16-19(15)25-14(2)26-20(16)17(24-6)9-10-23/h9-10,13,15,18,23-24H,7-8,11-12H2,1-6H3/b17-9-,23-10?/t13-,15+,18+/m0/s1. The first-order chi connectivity index (χ1) is 13.6. The number of nitrogens with one attached hydrogen (secondary N) is 2. The summed E-state index contributed by atoms with van der Waals surface area (Å²) in [7, 11) is 1.84. The summed E-state index contributed by atoms with van der Waals surface area (Å²) < 4.78 is 5.75. The normalized spacial score (nSPS) is 24.4. The molecule has 1 aromatic heterocycles. The molecule has 3 heterocycles. The van der Waals surface area contributed by atoms with Gasteiger partial charge in [-0.1, -0.05) is 6.92 Å². The second-order valence-electron chi connectivity index (χ2n) is 9.14. The van der Waals surface area contributed by atoms with Crippen LogP contribution in [0.1, 0.15) is 69.2 Å². The molecule has 3 rings (SSSR count). The minimum Gasteiger partial charge on any atom is -0.444 e. The van der Waals surface area contributed by atoms with Gasteiger partial charge in [-0.3, -0.25) is 0 Å². The number of rotatable bonds is 3. The smallest absolute Gasteiger partial charge is 0.410 e. The fraction of sp³-hybridized carbons (Fsp3) is 0.636. The van der Waals surface area contributed by atoms with Crippen LogP contribution in [0.4, 0.5) is 4.79 Å². The Morgan fingerprint density at radius 2 is 2.03 bits per heavy atom. The minimum absolute atomic E-state index is 0.0410. The highest BCUT2D eigenvalue weighted by molar-refractivity contribution is 5.82. The highest BCUT2D eigenvalue weighted by Crippen LogP contribution is 2.40. The zero-order valence-electron chi connectivity index (χ0n) is 18.4. The molecule has 0 aliphatic carbocycles. The zero-order valence-corrected chi connectivity index (χ0v) is 18.4. The summed E-state index contributed by atoms with van der Waals surface area (Å²) >= 11 is 0. The average molecular weight is 400 g/mol. The topological polar surface area (TPSA) is 91.2 Å². The lowest BCUT2D eigenvalue weighted by Gasteiger charge is -2.34. The second-order valence-corrected chi connectivity index (χ2v) is 9.14. The molecule has 2 bridgehead atoms. The molecule has 0 saturated carbocycles. The van der Waals surface area contributed by atoms with E-state index in [0.717, 1.165) is 35.5 Å². The summed E-state index contributed by atoms with van der Waals surface area (Å²) in [6.45, 7) is 10.5. The van der Waals surface area contributed by atoms with E-state index in [9.17, 15) is 4.79 Å². The highest BCUT2D eigenvalue weighted by Gasteiger charge is 2.41. The van der Waals surface area contributed by atoms with E-state index < -0.39 is 5.60 Å². The largest absolute Gasteiger partial charge is 0.444 e. The van der Waals surface area contributed by atoms with E-state index in [1.165, 1.54) is 6.21 Å². The van der Waals surface area contributed by atoms with Crippen molar-refractivity contribution in [3.63, 3.8) is 0 Å². The van der Waals surface area contributed by atoms with Crippen molar-refractivity contribution < 1.29 is 9.53 Å². The van der Waals surface area contributed by atoms with Crippen LogP contribution in [0, 0.1) is 18.3 Å². The van der Waals surface area contributed by atoms with E-state index in [-0.39, 0.29) is 18.1 Å². The first-order valence-corrected chi connectivity index (χ1v) is 10.4.